The molecule has 0 amide bonds. The van der Waals surface area contributed by atoms with Crippen LogP contribution in [0, 0.1) is 0 Å². The van der Waals surface area contributed by atoms with E-state index in [-0.39, 0.29) is 28.4 Å². The summed E-state index contributed by atoms with van der Waals surface area (Å²) in [6.45, 7) is 9.85. The number of carbonyl (C=O) groups is 1. The van der Waals surface area contributed by atoms with Gasteiger partial charge in [0.2, 0.25) is 10.0 Å². The van der Waals surface area contributed by atoms with Gasteiger partial charge in [-0.3, -0.25) is 0 Å². The molecular weight excluding hydrogens is 539 g/mol. The van der Waals surface area contributed by atoms with Crippen molar-refractivity contribution in [2.45, 2.75) is 44.0 Å². The summed E-state index contributed by atoms with van der Waals surface area (Å²) in [6, 6.07) is 18.1. The fourth-order valence-corrected chi connectivity index (χ4v) is 6.50. The van der Waals surface area contributed by atoms with Crippen LogP contribution in [0.15, 0.2) is 85.5 Å². The predicted octanol–water partition coefficient (Wildman–Crippen LogP) is 7.44. The van der Waals surface area contributed by atoms with Gasteiger partial charge in [0.05, 0.1) is 23.8 Å². The Labute approximate surface area is 232 Å². The normalized spacial score (nSPS) is 13.3. The lowest BCUT2D eigenvalue weighted by Gasteiger charge is -2.23. The first kappa shape index (κ1) is 29.1. The van der Waals surface area contributed by atoms with Gasteiger partial charge in [-0.15, -0.1) is 6.58 Å². The van der Waals surface area contributed by atoms with E-state index in [0.29, 0.717) is 16.7 Å². The van der Waals surface area contributed by atoms with Crippen molar-refractivity contribution in [2.24, 2.45) is 0 Å². The van der Waals surface area contributed by atoms with Crippen LogP contribution in [0.1, 0.15) is 64.3 Å². The van der Waals surface area contributed by atoms with Crippen molar-refractivity contribution in [3.05, 3.63) is 119 Å². The van der Waals surface area contributed by atoms with Crippen LogP contribution in [-0.4, -0.2) is 25.5 Å². The Hall–Kier alpha value is -3.85. The van der Waals surface area contributed by atoms with Crippen molar-refractivity contribution in [2.75, 3.05) is 7.11 Å². The van der Waals surface area contributed by atoms with E-state index in [1.54, 1.807) is 36.4 Å². The van der Waals surface area contributed by atoms with Gasteiger partial charge in [-0.2, -0.15) is 13.2 Å². The fraction of sp³-hybridized carbons (Fsp3) is 0.258. The Bertz CT molecular complexity index is 1680. The van der Waals surface area contributed by atoms with Crippen LogP contribution in [0.4, 0.5) is 13.2 Å². The second-order valence-corrected chi connectivity index (χ2v) is 12.5. The zero-order valence-corrected chi connectivity index (χ0v) is 23.4. The van der Waals surface area contributed by atoms with E-state index >= 15 is 0 Å². The molecule has 0 radical (unpaired) electrons. The van der Waals surface area contributed by atoms with E-state index in [0.717, 1.165) is 21.7 Å². The molecule has 1 aromatic heterocycles. The van der Waals surface area contributed by atoms with Crippen molar-refractivity contribution in [1.29, 1.82) is 0 Å². The summed E-state index contributed by atoms with van der Waals surface area (Å²) >= 11 is 0. The van der Waals surface area contributed by atoms with Crippen molar-refractivity contribution in [1.82, 2.24) is 3.97 Å². The van der Waals surface area contributed by atoms with Crippen LogP contribution >= 0.6 is 0 Å². The highest BCUT2D eigenvalue weighted by Gasteiger charge is 2.34. The number of halogens is 3. The van der Waals surface area contributed by atoms with E-state index in [4.69, 9.17) is 4.74 Å². The van der Waals surface area contributed by atoms with Gasteiger partial charge >= 0.3 is 12.1 Å². The summed E-state index contributed by atoms with van der Waals surface area (Å²) in [5.74, 6) is -0.519. The highest BCUT2D eigenvalue weighted by atomic mass is 32.2. The summed E-state index contributed by atoms with van der Waals surface area (Å²) in [6.07, 6.45) is -3.17. The number of benzene rings is 3. The lowest BCUT2D eigenvalue weighted by Crippen LogP contribution is -2.22. The maximum Gasteiger partial charge on any atom is 0.416 e. The minimum Gasteiger partial charge on any atom is -0.465 e. The predicted molar refractivity (Wildman–Crippen MR) is 150 cm³/mol. The topological polar surface area (TPSA) is 65.4 Å². The number of alkyl halides is 3. The highest BCUT2D eigenvalue weighted by Crippen LogP contribution is 2.37. The lowest BCUT2D eigenvalue weighted by atomic mass is 9.86. The molecule has 0 aliphatic heterocycles. The smallest absolute Gasteiger partial charge is 0.416 e. The summed E-state index contributed by atoms with van der Waals surface area (Å²) in [5, 5.41) is -1.01. The van der Waals surface area contributed by atoms with Gasteiger partial charge in [-0.25, -0.2) is 17.2 Å². The largest absolute Gasteiger partial charge is 0.465 e. The van der Waals surface area contributed by atoms with Gasteiger partial charge in [0.25, 0.3) is 0 Å². The van der Waals surface area contributed by atoms with E-state index in [2.05, 4.69) is 6.58 Å². The molecule has 0 bridgehead atoms. The number of aromatic nitrogens is 1. The number of rotatable bonds is 7. The number of methoxy groups -OCH3 is 1. The zero-order valence-electron chi connectivity index (χ0n) is 22.6. The van der Waals surface area contributed by atoms with Gasteiger partial charge in [0.15, 0.2) is 0 Å². The molecule has 0 saturated carbocycles. The first-order valence-corrected chi connectivity index (χ1v) is 14.0. The minimum atomic E-state index is -4.59. The summed E-state index contributed by atoms with van der Waals surface area (Å²) in [5.41, 5.74) is 1.72. The molecule has 9 heteroatoms. The lowest BCUT2D eigenvalue weighted by molar-refractivity contribution is -0.137. The molecule has 40 heavy (non-hydrogen) atoms. The number of hydrogen-bond donors (Lipinski definition) is 0. The molecule has 210 valence electrons. The number of esters is 1. The molecule has 3 aromatic carbocycles. The maximum absolute atomic E-state index is 14.3. The van der Waals surface area contributed by atoms with Crippen molar-refractivity contribution >= 4 is 26.9 Å². The molecule has 0 N–H and O–H groups in total. The quantitative estimate of drug-likeness (QED) is 0.171. The summed E-state index contributed by atoms with van der Waals surface area (Å²) < 4.78 is 74.9. The Kier molecular flexibility index (Phi) is 7.73. The Morgan fingerprint density at radius 1 is 0.975 bits per heavy atom. The van der Waals surface area contributed by atoms with E-state index in [9.17, 15) is 26.4 Å². The average molecular weight is 570 g/mol. The number of hydrogen-bond acceptors (Lipinski definition) is 4. The van der Waals surface area contributed by atoms with Crippen LogP contribution in [0.3, 0.4) is 0 Å². The van der Waals surface area contributed by atoms with Crippen LogP contribution < -0.4 is 0 Å². The molecule has 1 heterocycles. The van der Waals surface area contributed by atoms with E-state index in [1.807, 2.05) is 32.9 Å². The Morgan fingerprint density at radius 3 is 2.23 bits per heavy atom. The van der Waals surface area contributed by atoms with Gasteiger partial charge in [0.1, 0.15) is 5.25 Å². The molecule has 4 aromatic rings. The third-order valence-electron chi connectivity index (χ3n) is 6.79. The fourth-order valence-electron chi connectivity index (χ4n) is 4.66. The Balaban J connectivity index is 1.89. The van der Waals surface area contributed by atoms with Gasteiger partial charge in [0, 0.05) is 17.5 Å². The average Bonchev–Trinajstić information content (AvgIpc) is 3.26. The molecule has 4 rings (SSSR count). The number of nitrogens with zero attached hydrogens (tertiary/aromatic N) is 1. The second-order valence-electron chi connectivity index (χ2n) is 10.6. The first-order chi connectivity index (χ1) is 18.7. The Morgan fingerprint density at radius 2 is 1.65 bits per heavy atom. The van der Waals surface area contributed by atoms with Gasteiger partial charge in [-0.1, -0.05) is 63.2 Å². The molecule has 5 nitrogen and oxygen atoms in total. The zero-order chi connectivity index (χ0) is 29.5. The molecular formula is C31H30F3NO4S. The summed E-state index contributed by atoms with van der Waals surface area (Å²) in [7, 11) is -2.97. The monoisotopic (exact) mass is 569 g/mol. The maximum atomic E-state index is 14.3. The molecule has 0 aliphatic rings. The molecule has 0 aliphatic carbocycles. The third kappa shape index (κ3) is 5.70. The molecule has 1 unspecified atom stereocenters. The van der Waals surface area contributed by atoms with Crippen molar-refractivity contribution < 1.29 is 31.1 Å². The summed E-state index contributed by atoms with van der Waals surface area (Å²) in [4.78, 5) is 11.8. The second kappa shape index (κ2) is 10.6. The van der Waals surface area contributed by atoms with Crippen LogP contribution in [-0.2, 0) is 32.8 Å². The van der Waals surface area contributed by atoms with E-state index < -0.39 is 33.0 Å². The van der Waals surface area contributed by atoms with Crippen molar-refractivity contribution in [3.8, 4) is 0 Å². The van der Waals surface area contributed by atoms with Crippen LogP contribution in [0.5, 0.6) is 0 Å². The van der Waals surface area contributed by atoms with Gasteiger partial charge in [-0.05, 0) is 58.5 Å². The minimum absolute atomic E-state index is 0.0859. The molecule has 0 spiro atoms. The van der Waals surface area contributed by atoms with Gasteiger partial charge < -0.3 is 4.74 Å². The van der Waals surface area contributed by atoms with Crippen molar-refractivity contribution in [3.63, 3.8) is 0 Å². The SMILES string of the molecule is C=CC(c1cccc(C(C)(C)C)c1)S(=O)(=O)n1c(Cc2ccc(C(=O)OC)cc2)cc2cc(C(F)(F)F)ccc21. The van der Waals surface area contributed by atoms with Crippen LogP contribution in [0.2, 0.25) is 0 Å². The number of carbonyl (C=O) groups excluding carboxylic acids is 1. The molecule has 1 atom stereocenters. The van der Waals surface area contributed by atoms with E-state index in [1.165, 1.54) is 25.3 Å². The van der Waals surface area contributed by atoms with Crippen LogP contribution in [0.25, 0.3) is 10.9 Å². The standard InChI is InChI=1S/C31H30F3NO4S/c1-6-28(22-8-7-9-24(17-22)30(2,3)4)40(37,38)35-26(16-20-10-12-21(13-11-20)29(36)39-5)19-23-18-25(31(32,33)34)14-15-27(23)35/h6-15,17-19,28H,1,16H2,2-5H3. The number of fused-ring (bicyclic) bond motifs is 1. The molecule has 0 fully saturated rings. The highest BCUT2D eigenvalue weighted by molar-refractivity contribution is 7.90. The number of ether oxygens (including phenoxy) is 1. The third-order valence-corrected chi connectivity index (χ3v) is 8.83. The molecule has 0 saturated heterocycles. The first-order valence-electron chi connectivity index (χ1n) is 12.5.